The van der Waals surface area contributed by atoms with Gasteiger partial charge in [0.1, 0.15) is 17.8 Å². The maximum absolute atomic E-state index is 13.0. The van der Waals surface area contributed by atoms with Gasteiger partial charge in [-0.1, -0.05) is 166 Å². The molecule has 3 N–H and O–H groups in total. The van der Waals surface area contributed by atoms with Gasteiger partial charge in [0.05, 0.1) is 32.1 Å². The number of hydrogen-bond acceptors (Lipinski definition) is 11. The van der Waals surface area contributed by atoms with Crippen LogP contribution in [0.25, 0.3) is 6.08 Å². The number of ketones is 2. The van der Waals surface area contributed by atoms with E-state index < -0.39 is 30.1 Å². The molecule has 1 aromatic carbocycles. The summed E-state index contributed by atoms with van der Waals surface area (Å²) in [4.78, 5) is 71.1. The van der Waals surface area contributed by atoms with E-state index in [1.807, 2.05) is 186 Å². The topological polar surface area (TPSA) is 191 Å². The van der Waals surface area contributed by atoms with E-state index in [2.05, 4.69) is 0 Å². The van der Waals surface area contributed by atoms with Gasteiger partial charge in [-0.2, -0.15) is 0 Å². The third-order valence-electron chi connectivity index (χ3n) is 11.9. The fourth-order valence-corrected chi connectivity index (χ4v) is 7.60. The number of aldehydes is 1. The Morgan fingerprint density at radius 3 is 1.64 bits per heavy atom. The number of rotatable bonds is 22. The fourth-order valence-electron chi connectivity index (χ4n) is 7.60. The van der Waals surface area contributed by atoms with E-state index in [1.165, 1.54) is 6.07 Å². The first-order valence-corrected chi connectivity index (χ1v) is 25.6. The lowest BCUT2D eigenvalue weighted by molar-refractivity contribution is -0.156. The zero-order chi connectivity index (χ0) is 57.5. The molecule has 3 rings (SSSR count). The molecule has 1 aromatic rings. The van der Waals surface area contributed by atoms with Gasteiger partial charge in [0, 0.05) is 18.9 Å². The standard InChI is InChI=1S/C47H58O9.C15H18O3.C2H6/c1-31(17-12-19-33(3)22-24-38-35(5)29-40(45(53)36(38)6)55-44(52)27-26-42(49)50)15-10-11-16-32(2)18-13-20-34(4)23-25-39-37(7)46(54)41(30-47(39,8)9)56-43(51)21-14-28-48;1-11(4-6-12(2)18-3)5-7-13-8-14(16)10-15(17)9-13;1-2/h10-13,15-20,22-25,28,35,40-41H,14,21,26-27,29-30H2,1-9H3,(H,49,50);4-10,16-17H,1-3H3;1-2H3/b11-10+,17-12+,18-13+,24-22+,25-23+,31-15+,32-16+,33-19+,34-20+;7-5+,11-4+,12-6+;. The number of allylic oxidation sites excluding steroid dienone is 25. The molecule has 0 aromatic heterocycles. The number of methoxy groups -OCH3 is 1. The minimum absolute atomic E-state index is 0.00720. The molecule has 2 aliphatic carbocycles. The van der Waals surface area contributed by atoms with Crippen molar-refractivity contribution in [2.45, 2.75) is 141 Å². The van der Waals surface area contributed by atoms with Gasteiger partial charge in [-0.15, -0.1) is 0 Å². The summed E-state index contributed by atoms with van der Waals surface area (Å²) in [5, 5.41) is 27.4. The van der Waals surface area contributed by atoms with Crippen LogP contribution >= 0.6 is 0 Å². The average molecular weight is 1040 g/mol. The van der Waals surface area contributed by atoms with Crippen LogP contribution in [0, 0.1) is 11.3 Å². The number of benzene rings is 1. The van der Waals surface area contributed by atoms with Crippen LogP contribution in [0.15, 0.2) is 177 Å². The normalized spacial score (nSPS) is 19.2. The molecular weight excluding hydrogens is 961 g/mol. The second-order valence-corrected chi connectivity index (χ2v) is 19.0. The summed E-state index contributed by atoms with van der Waals surface area (Å²) >= 11 is 0. The molecule has 12 heteroatoms. The van der Waals surface area contributed by atoms with Gasteiger partial charge < -0.3 is 34.3 Å². The third-order valence-corrected chi connectivity index (χ3v) is 11.9. The number of phenolic OH excluding ortho intramolecular Hbond substituents is 2. The molecule has 0 spiro atoms. The van der Waals surface area contributed by atoms with Gasteiger partial charge in [0.2, 0.25) is 0 Å². The van der Waals surface area contributed by atoms with Gasteiger partial charge in [0.25, 0.3) is 0 Å². The van der Waals surface area contributed by atoms with Crippen LogP contribution in [0.2, 0.25) is 0 Å². The molecule has 0 amide bonds. The molecule has 0 radical (unpaired) electrons. The lowest BCUT2D eigenvalue weighted by atomic mass is 9.71. The Balaban J connectivity index is 0.00000121. The molecule has 0 saturated carbocycles. The quantitative estimate of drug-likeness (QED) is 0.0432. The number of phenols is 2. The molecule has 12 nitrogen and oxygen atoms in total. The minimum Gasteiger partial charge on any atom is -0.508 e. The predicted octanol–water partition coefficient (Wildman–Crippen LogP) is 14.1. The van der Waals surface area contributed by atoms with Crippen LogP contribution in [0.4, 0.5) is 0 Å². The molecular formula is C64H82O12. The molecule has 0 heterocycles. The van der Waals surface area contributed by atoms with Crippen molar-refractivity contribution in [3.8, 4) is 11.5 Å². The number of Topliss-reactive ketones (excluding diaryl/α,β-unsaturated/α-hetero) is 2. The van der Waals surface area contributed by atoms with E-state index in [1.54, 1.807) is 33.1 Å². The average Bonchev–Trinajstić information content (AvgIpc) is 3.36. The third kappa shape index (κ3) is 25.6. The molecule has 3 atom stereocenters. The Bertz CT molecular complexity index is 2640. The highest BCUT2D eigenvalue weighted by molar-refractivity contribution is 6.02. The Morgan fingerprint density at radius 1 is 0.632 bits per heavy atom. The molecule has 410 valence electrons. The molecule has 3 unspecified atom stereocenters. The van der Waals surface area contributed by atoms with Gasteiger partial charge in [-0.3, -0.25) is 24.0 Å². The van der Waals surface area contributed by atoms with Crippen LogP contribution < -0.4 is 0 Å². The number of carboxylic acids is 1. The number of carbonyl (C=O) groups is 6. The van der Waals surface area contributed by atoms with Crippen LogP contribution in [-0.4, -0.2) is 70.4 Å². The predicted molar refractivity (Wildman–Crippen MR) is 305 cm³/mol. The highest BCUT2D eigenvalue weighted by Crippen LogP contribution is 2.41. The van der Waals surface area contributed by atoms with Crippen LogP contribution in [0.3, 0.4) is 0 Å². The first kappa shape index (κ1) is 66.4. The number of aliphatic carboxylic acids is 1. The summed E-state index contributed by atoms with van der Waals surface area (Å²) in [5.74, 6) is -1.83. The van der Waals surface area contributed by atoms with Gasteiger partial charge in [0.15, 0.2) is 23.8 Å². The zero-order valence-corrected chi connectivity index (χ0v) is 47.2. The largest absolute Gasteiger partial charge is 0.508 e. The summed E-state index contributed by atoms with van der Waals surface area (Å²) < 4.78 is 15.7. The van der Waals surface area contributed by atoms with Crippen LogP contribution in [0.5, 0.6) is 11.5 Å². The van der Waals surface area contributed by atoms with E-state index in [4.69, 9.17) is 19.3 Å². The Kier molecular flexibility index (Phi) is 30.4. The van der Waals surface area contributed by atoms with Crippen molar-refractivity contribution in [1.29, 1.82) is 0 Å². The van der Waals surface area contributed by atoms with Crippen molar-refractivity contribution >= 4 is 41.8 Å². The second kappa shape index (κ2) is 34.8. The fraction of sp³-hybridized carbons (Fsp3) is 0.375. The Labute approximate surface area is 452 Å². The first-order chi connectivity index (χ1) is 35.9. The maximum Gasteiger partial charge on any atom is 0.307 e. The van der Waals surface area contributed by atoms with Crippen molar-refractivity contribution < 1.29 is 58.3 Å². The number of ether oxygens (including phenoxy) is 3. The van der Waals surface area contributed by atoms with Gasteiger partial charge in [-0.05, 0) is 119 Å². The lowest BCUT2D eigenvalue weighted by Gasteiger charge is -2.36. The monoisotopic (exact) mass is 1040 g/mol. The first-order valence-electron chi connectivity index (χ1n) is 25.6. The number of esters is 2. The van der Waals surface area contributed by atoms with E-state index in [-0.39, 0.29) is 60.1 Å². The van der Waals surface area contributed by atoms with Crippen molar-refractivity contribution in [2.75, 3.05) is 7.11 Å². The maximum atomic E-state index is 13.0. The number of aromatic hydroxyl groups is 2. The lowest BCUT2D eigenvalue weighted by Crippen LogP contribution is -2.39. The summed E-state index contributed by atoms with van der Waals surface area (Å²) in [5.41, 5.74) is 8.47. The van der Waals surface area contributed by atoms with E-state index in [9.17, 15) is 39.0 Å². The molecule has 2 aliphatic rings. The molecule has 0 bridgehead atoms. The van der Waals surface area contributed by atoms with E-state index in [0.29, 0.717) is 30.3 Å². The number of hydrogen-bond donors (Lipinski definition) is 3. The SMILES string of the molecule is CC.CC1=C(/C=C/C(C)=C/C=C/C(C)=C/C=C/C=C(C)/C=C/C=C(C)/C=C/C2=C(C)C(=O)C(OC(=O)CCC=O)CC2(C)C)C(C)CC(OC(=O)CCC(=O)O)C1=O.CO/C(C)=C/C=C(C)/C=C/c1cc(O)cc(O)c1. The molecule has 0 fully saturated rings. The minimum atomic E-state index is -1.09. The highest BCUT2D eigenvalue weighted by Gasteiger charge is 2.40. The summed E-state index contributed by atoms with van der Waals surface area (Å²) in [6, 6.07) is 4.46. The zero-order valence-electron chi connectivity index (χ0n) is 47.2. The van der Waals surface area contributed by atoms with Crippen molar-refractivity contribution in [1.82, 2.24) is 0 Å². The number of carboxylic acid groups (broad SMARTS) is 1. The van der Waals surface area contributed by atoms with Crippen LogP contribution in [-0.2, 0) is 43.0 Å². The van der Waals surface area contributed by atoms with E-state index in [0.717, 1.165) is 50.3 Å². The van der Waals surface area contributed by atoms with Crippen molar-refractivity contribution in [3.63, 3.8) is 0 Å². The van der Waals surface area contributed by atoms with Gasteiger partial charge in [-0.25, -0.2) is 0 Å². The molecule has 0 saturated heterocycles. The highest BCUT2D eigenvalue weighted by atomic mass is 16.6. The van der Waals surface area contributed by atoms with Crippen molar-refractivity contribution in [2.24, 2.45) is 11.3 Å². The molecule has 76 heavy (non-hydrogen) atoms. The number of carbonyl (C=O) groups excluding carboxylic acids is 5. The molecule has 0 aliphatic heterocycles. The van der Waals surface area contributed by atoms with E-state index >= 15 is 0 Å². The van der Waals surface area contributed by atoms with Crippen LogP contribution in [0.1, 0.15) is 134 Å². The second-order valence-electron chi connectivity index (χ2n) is 19.0. The van der Waals surface area contributed by atoms with Gasteiger partial charge >= 0.3 is 17.9 Å². The Hall–Kier alpha value is -7.60. The van der Waals surface area contributed by atoms with Crippen molar-refractivity contribution in [3.05, 3.63) is 183 Å². The summed E-state index contributed by atoms with van der Waals surface area (Å²) in [7, 11) is 1.63. The smallest absolute Gasteiger partial charge is 0.307 e. The summed E-state index contributed by atoms with van der Waals surface area (Å²) in [6.45, 7) is 25.4. The Morgan fingerprint density at radius 2 is 1.11 bits per heavy atom. The summed E-state index contributed by atoms with van der Waals surface area (Å²) in [6.07, 6.45) is 34.4.